The number of hydrogen-bond acceptors (Lipinski definition) is 6. The van der Waals surface area contributed by atoms with Crippen LogP contribution in [0.3, 0.4) is 0 Å². The molecule has 9 heteroatoms. The van der Waals surface area contributed by atoms with E-state index < -0.39 is 5.60 Å². The number of hydrogen-bond donors (Lipinski definition) is 4. The molecule has 0 atom stereocenters. The fraction of sp³-hybridized carbons (Fsp3) is 0.320. The largest absolute Gasteiger partial charge is 0.385 e. The Morgan fingerprint density at radius 1 is 1.29 bits per heavy atom. The zero-order valence-electron chi connectivity index (χ0n) is 20.2. The fourth-order valence-electron chi connectivity index (χ4n) is 3.90. The van der Waals surface area contributed by atoms with Gasteiger partial charge in [-0.05, 0) is 58.4 Å². The highest BCUT2D eigenvalue weighted by Crippen LogP contribution is 2.44. The molecule has 4 aromatic rings. The van der Waals surface area contributed by atoms with Gasteiger partial charge in [-0.3, -0.25) is 14.6 Å². The van der Waals surface area contributed by atoms with E-state index in [4.69, 9.17) is 0 Å². The molecule has 34 heavy (non-hydrogen) atoms. The summed E-state index contributed by atoms with van der Waals surface area (Å²) in [5.74, 6) is -0.268. The first-order chi connectivity index (χ1) is 16.0. The Balaban J connectivity index is 1.97. The summed E-state index contributed by atoms with van der Waals surface area (Å²) in [4.78, 5) is 34.4. The molecule has 0 aliphatic heterocycles. The zero-order chi connectivity index (χ0) is 24.8. The van der Waals surface area contributed by atoms with Crippen LogP contribution < -0.4 is 16.2 Å². The second kappa shape index (κ2) is 8.73. The molecule has 4 heterocycles. The average Bonchev–Trinajstić information content (AvgIpc) is 3.39. The first kappa shape index (κ1) is 23.7. The van der Waals surface area contributed by atoms with Gasteiger partial charge < -0.3 is 25.3 Å². The van der Waals surface area contributed by atoms with Gasteiger partial charge in [0.25, 0.3) is 11.5 Å². The number of pyridine rings is 2. The van der Waals surface area contributed by atoms with Gasteiger partial charge in [-0.25, -0.2) is 0 Å². The summed E-state index contributed by atoms with van der Waals surface area (Å²) in [7, 11) is 1.69. The number of thiophene rings is 1. The predicted octanol–water partition coefficient (Wildman–Crippen LogP) is 4.33. The van der Waals surface area contributed by atoms with Gasteiger partial charge in [0.1, 0.15) is 11.2 Å². The minimum atomic E-state index is -1.05. The average molecular weight is 480 g/mol. The molecule has 0 aromatic carbocycles. The van der Waals surface area contributed by atoms with Gasteiger partial charge in [-0.2, -0.15) is 0 Å². The Morgan fingerprint density at radius 2 is 2.03 bits per heavy atom. The van der Waals surface area contributed by atoms with E-state index in [0.717, 1.165) is 37.9 Å². The number of H-pyrrole nitrogens is 1. The molecule has 4 rings (SSSR count). The lowest BCUT2D eigenvalue weighted by Gasteiger charge is -2.14. The second-order valence-electron chi connectivity index (χ2n) is 8.92. The van der Waals surface area contributed by atoms with Crippen molar-refractivity contribution in [2.24, 2.45) is 7.05 Å². The van der Waals surface area contributed by atoms with Gasteiger partial charge >= 0.3 is 0 Å². The van der Waals surface area contributed by atoms with Crippen LogP contribution in [-0.4, -0.2) is 32.1 Å². The molecule has 4 N–H and O–H groups in total. The first-order valence-corrected chi connectivity index (χ1v) is 11.9. The molecule has 1 amide bonds. The Labute approximate surface area is 201 Å². The first-order valence-electron chi connectivity index (χ1n) is 11.1. The molecule has 0 aliphatic rings. The van der Waals surface area contributed by atoms with Crippen LogP contribution >= 0.6 is 11.3 Å². The van der Waals surface area contributed by atoms with Gasteiger partial charge in [-0.15, -0.1) is 11.3 Å². The van der Waals surface area contributed by atoms with Crippen LogP contribution in [0.25, 0.3) is 21.3 Å². The third-order valence-electron chi connectivity index (χ3n) is 5.73. The summed E-state index contributed by atoms with van der Waals surface area (Å²) in [6, 6.07) is 5.58. The minimum Gasteiger partial charge on any atom is -0.385 e. The third-order valence-corrected chi connectivity index (χ3v) is 7.22. The van der Waals surface area contributed by atoms with Crippen LogP contribution in [-0.2, 0) is 12.6 Å². The number of aryl methyl sites for hydroxylation is 3. The van der Waals surface area contributed by atoms with Crippen molar-refractivity contribution in [2.45, 2.75) is 40.2 Å². The predicted molar refractivity (Wildman–Crippen MR) is 137 cm³/mol. The second-order valence-corrected chi connectivity index (χ2v) is 9.97. The lowest BCUT2D eigenvalue weighted by Crippen LogP contribution is -2.23. The highest BCUT2D eigenvalue weighted by Gasteiger charge is 2.25. The molecule has 0 unspecified atom stereocenters. The Hall–Kier alpha value is -3.43. The maximum atomic E-state index is 12.9. The highest BCUT2D eigenvalue weighted by molar-refractivity contribution is 7.16. The molecule has 178 valence electrons. The molecule has 8 nitrogen and oxygen atoms in total. The summed E-state index contributed by atoms with van der Waals surface area (Å²) in [5.41, 5.74) is 3.78. The van der Waals surface area contributed by atoms with Crippen LogP contribution in [0.5, 0.6) is 0 Å². The number of aliphatic hydroxyl groups is 1. The van der Waals surface area contributed by atoms with E-state index in [1.807, 2.05) is 32.9 Å². The van der Waals surface area contributed by atoms with Crippen LogP contribution in [0.15, 0.2) is 35.4 Å². The summed E-state index contributed by atoms with van der Waals surface area (Å²) in [6.45, 7) is 9.76. The highest BCUT2D eigenvalue weighted by atomic mass is 32.1. The van der Waals surface area contributed by atoms with Gasteiger partial charge in [0, 0.05) is 41.8 Å². The molecule has 0 spiro atoms. The van der Waals surface area contributed by atoms with Gasteiger partial charge in [-0.1, -0.05) is 0 Å². The van der Waals surface area contributed by atoms with E-state index >= 15 is 0 Å². The maximum absolute atomic E-state index is 12.9. The van der Waals surface area contributed by atoms with E-state index in [1.54, 1.807) is 39.4 Å². The van der Waals surface area contributed by atoms with Gasteiger partial charge in [0.2, 0.25) is 0 Å². The number of amides is 1. The fourth-order valence-corrected chi connectivity index (χ4v) is 5.04. The molecule has 0 radical (unpaired) electrons. The third kappa shape index (κ3) is 4.24. The molecule has 0 aliphatic carbocycles. The molecule has 0 saturated heterocycles. The van der Waals surface area contributed by atoms with E-state index in [9.17, 15) is 14.7 Å². The summed E-state index contributed by atoms with van der Waals surface area (Å²) in [6.07, 6.45) is 3.54. The number of aromatic nitrogens is 3. The van der Waals surface area contributed by atoms with Crippen molar-refractivity contribution >= 4 is 39.5 Å². The number of nitrogens with one attached hydrogen (secondary N) is 3. The van der Waals surface area contributed by atoms with Gasteiger partial charge in [0.15, 0.2) is 0 Å². The lowest BCUT2D eigenvalue weighted by molar-refractivity contribution is 0.0825. The van der Waals surface area contributed by atoms with Gasteiger partial charge in [0.05, 0.1) is 27.5 Å². The zero-order valence-corrected chi connectivity index (χ0v) is 21.0. The summed E-state index contributed by atoms with van der Waals surface area (Å²) >= 11 is 1.45. The van der Waals surface area contributed by atoms with E-state index in [1.165, 1.54) is 15.9 Å². The number of anilines is 2. The normalized spacial score (nSPS) is 11.7. The molecule has 0 saturated carbocycles. The number of aromatic amines is 1. The number of rotatable bonds is 6. The number of fused-ring (bicyclic) bond motifs is 1. The lowest BCUT2D eigenvalue weighted by atomic mass is 10.1. The molecule has 0 bridgehead atoms. The maximum Gasteiger partial charge on any atom is 0.274 e. The minimum absolute atomic E-state index is 0.220. The number of carbonyl (C=O) groups excluding carboxylic acids is 1. The van der Waals surface area contributed by atoms with E-state index in [-0.39, 0.29) is 11.5 Å². The SMILES string of the molecule is CCNC(=O)c1cc2c(-c3sc(C(C)(C)O)cc3Nc3c(C)ccnc3C)cn(C)c(=O)c2[nH]1. The van der Waals surface area contributed by atoms with Crippen LogP contribution in [0.1, 0.15) is 47.4 Å². The molecular weight excluding hydrogens is 450 g/mol. The summed E-state index contributed by atoms with van der Waals surface area (Å²) in [5, 5.41) is 17.7. The van der Waals surface area contributed by atoms with Crippen molar-refractivity contribution in [3.8, 4) is 10.4 Å². The Bertz CT molecular complexity index is 1440. The topological polar surface area (TPSA) is 112 Å². The summed E-state index contributed by atoms with van der Waals surface area (Å²) < 4.78 is 1.50. The van der Waals surface area contributed by atoms with Crippen molar-refractivity contribution in [3.05, 3.63) is 62.8 Å². The molecule has 0 fully saturated rings. The van der Waals surface area contributed by atoms with E-state index in [2.05, 4.69) is 20.6 Å². The Morgan fingerprint density at radius 3 is 2.68 bits per heavy atom. The van der Waals surface area contributed by atoms with Crippen molar-refractivity contribution in [1.29, 1.82) is 0 Å². The number of carbonyl (C=O) groups is 1. The van der Waals surface area contributed by atoms with Crippen LogP contribution in [0.4, 0.5) is 11.4 Å². The number of nitrogens with zero attached hydrogens (tertiary/aromatic N) is 2. The van der Waals surface area contributed by atoms with Crippen molar-refractivity contribution < 1.29 is 9.90 Å². The van der Waals surface area contributed by atoms with Crippen molar-refractivity contribution in [3.63, 3.8) is 0 Å². The smallest absolute Gasteiger partial charge is 0.274 e. The van der Waals surface area contributed by atoms with Crippen molar-refractivity contribution in [2.75, 3.05) is 11.9 Å². The monoisotopic (exact) mass is 479 g/mol. The van der Waals surface area contributed by atoms with Crippen molar-refractivity contribution in [1.82, 2.24) is 19.9 Å². The Kier molecular flexibility index (Phi) is 6.09. The van der Waals surface area contributed by atoms with E-state index in [0.29, 0.717) is 23.1 Å². The molecular formula is C25H29N5O3S. The van der Waals surface area contributed by atoms with Crippen LogP contribution in [0, 0.1) is 13.8 Å². The quantitative estimate of drug-likeness (QED) is 0.329. The molecule has 4 aromatic heterocycles. The van der Waals surface area contributed by atoms with Crippen LogP contribution in [0.2, 0.25) is 0 Å². The standard InChI is InChI=1S/C25H29N5O3S/c1-7-26-23(31)18-10-15-16(12-30(6)24(32)21(15)29-18)22-17(11-19(34-22)25(4,5)33)28-20-13(2)8-9-27-14(20)3/h8-12,28-29,33H,7H2,1-6H3,(H,26,31).